The normalized spacial score (nSPS) is 22.4. The molecular formula is C17H25N3O. The van der Waals surface area contributed by atoms with Gasteiger partial charge in [-0.05, 0) is 37.3 Å². The maximum absolute atomic E-state index is 11.9. The molecule has 1 atom stereocenters. The second kappa shape index (κ2) is 6.58. The fraction of sp³-hybridized carbons (Fsp3) is 0.588. The van der Waals surface area contributed by atoms with Crippen LogP contribution in [-0.2, 0) is 11.3 Å². The molecule has 1 amide bonds. The molecular weight excluding hydrogens is 262 g/mol. The molecule has 1 saturated carbocycles. The van der Waals surface area contributed by atoms with Crippen LogP contribution in [0, 0.1) is 5.92 Å². The summed E-state index contributed by atoms with van der Waals surface area (Å²) in [6.45, 7) is 4.29. The molecule has 1 aliphatic carbocycles. The molecule has 1 aliphatic heterocycles. The predicted molar refractivity (Wildman–Crippen MR) is 83.6 cm³/mol. The molecule has 114 valence electrons. The number of likely N-dealkylation sites (tertiary alicyclic amines) is 1. The lowest BCUT2D eigenvalue weighted by Crippen LogP contribution is -2.41. The Morgan fingerprint density at radius 1 is 1.24 bits per heavy atom. The molecule has 3 rings (SSSR count). The summed E-state index contributed by atoms with van der Waals surface area (Å²) >= 11 is 0. The number of carbonyl (C=O) groups is 1. The van der Waals surface area contributed by atoms with E-state index in [9.17, 15) is 4.79 Å². The van der Waals surface area contributed by atoms with Crippen LogP contribution in [0.1, 0.15) is 24.8 Å². The number of hydrogen-bond donors (Lipinski definition) is 1. The molecule has 1 saturated heterocycles. The first-order chi connectivity index (χ1) is 10.3. The number of nitrogens with zero attached hydrogens (tertiary/aromatic N) is 2. The highest BCUT2D eigenvalue weighted by Gasteiger charge is 2.34. The van der Waals surface area contributed by atoms with E-state index < -0.39 is 0 Å². The maximum Gasteiger partial charge on any atom is 0.236 e. The van der Waals surface area contributed by atoms with Crippen molar-refractivity contribution in [2.75, 3.05) is 26.2 Å². The standard InChI is InChI=1S/C17H25N3O/c18-10-17(21)20(16-6-7-16)13-15-8-9-19(12-15)11-14-4-2-1-3-5-14/h1-5,15-16H,6-13,18H2/t15-/m0/s1. The van der Waals surface area contributed by atoms with Crippen molar-refractivity contribution in [1.29, 1.82) is 0 Å². The molecule has 1 aromatic carbocycles. The number of benzene rings is 1. The first-order valence-corrected chi connectivity index (χ1v) is 8.02. The summed E-state index contributed by atoms with van der Waals surface area (Å²) < 4.78 is 0. The Labute approximate surface area is 126 Å². The smallest absolute Gasteiger partial charge is 0.236 e. The Kier molecular flexibility index (Phi) is 4.56. The summed E-state index contributed by atoms with van der Waals surface area (Å²) in [6, 6.07) is 11.1. The molecule has 4 heteroatoms. The van der Waals surface area contributed by atoms with Crippen LogP contribution in [-0.4, -0.2) is 47.9 Å². The van der Waals surface area contributed by atoms with Crippen molar-refractivity contribution in [2.45, 2.75) is 31.8 Å². The van der Waals surface area contributed by atoms with Gasteiger partial charge in [-0.3, -0.25) is 9.69 Å². The van der Waals surface area contributed by atoms with Crippen LogP contribution in [0.15, 0.2) is 30.3 Å². The average Bonchev–Trinajstić information content (AvgIpc) is 3.26. The van der Waals surface area contributed by atoms with Gasteiger partial charge in [0.05, 0.1) is 6.54 Å². The Morgan fingerprint density at radius 2 is 2.00 bits per heavy atom. The van der Waals surface area contributed by atoms with Gasteiger partial charge in [0.15, 0.2) is 0 Å². The van der Waals surface area contributed by atoms with Gasteiger partial charge >= 0.3 is 0 Å². The Hall–Kier alpha value is -1.39. The van der Waals surface area contributed by atoms with E-state index in [2.05, 4.69) is 35.2 Å². The third-order valence-corrected chi connectivity index (χ3v) is 4.56. The van der Waals surface area contributed by atoms with Crippen LogP contribution in [0.3, 0.4) is 0 Å². The first-order valence-electron chi connectivity index (χ1n) is 8.02. The second-order valence-electron chi connectivity index (χ2n) is 6.36. The van der Waals surface area contributed by atoms with E-state index in [0.717, 1.165) is 39.0 Å². The van der Waals surface area contributed by atoms with Crippen LogP contribution < -0.4 is 5.73 Å². The van der Waals surface area contributed by atoms with Crippen molar-refractivity contribution >= 4 is 5.91 Å². The van der Waals surface area contributed by atoms with Gasteiger partial charge in [-0.15, -0.1) is 0 Å². The lowest BCUT2D eigenvalue weighted by molar-refractivity contribution is -0.130. The number of hydrogen-bond acceptors (Lipinski definition) is 3. The maximum atomic E-state index is 11.9. The van der Waals surface area contributed by atoms with Crippen molar-refractivity contribution in [3.05, 3.63) is 35.9 Å². The van der Waals surface area contributed by atoms with Crippen LogP contribution >= 0.6 is 0 Å². The fourth-order valence-corrected chi connectivity index (χ4v) is 3.28. The minimum Gasteiger partial charge on any atom is -0.338 e. The van der Waals surface area contributed by atoms with Gasteiger partial charge in [0, 0.05) is 25.7 Å². The molecule has 21 heavy (non-hydrogen) atoms. The first kappa shape index (κ1) is 14.5. The van der Waals surface area contributed by atoms with E-state index >= 15 is 0 Å². The topological polar surface area (TPSA) is 49.6 Å². The third kappa shape index (κ3) is 3.83. The van der Waals surface area contributed by atoms with E-state index in [-0.39, 0.29) is 12.5 Å². The van der Waals surface area contributed by atoms with Gasteiger partial charge in [0.25, 0.3) is 0 Å². The number of carbonyl (C=O) groups excluding carboxylic acids is 1. The number of nitrogens with two attached hydrogens (primary N) is 1. The van der Waals surface area contributed by atoms with Crippen LogP contribution in [0.5, 0.6) is 0 Å². The summed E-state index contributed by atoms with van der Waals surface area (Å²) in [5.74, 6) is 0.726. The second-order valence-corrected chi connectivity index (χ2v) is 6.36. The highest BCUT2D eigenvalue weighted by molar-refractivity contribution is 5.78. The van der Waals surface area contributed by atoms with Crippen molar-refractivity contribution < 1.29 is 4.79 Å². The van der Waals surface area contributed by atoms with Crippen LogP contribution in [0.2, 0.25) is 0 Å². The number of rotatable bonds is 6. The van der Waals surface area contributed by atoms with Gasteiger partial charge < -0.3 is 10.6 Å². The van der Waals surface area contributed by atoms with Crippen molar-refractivity contribution in [2.24, 2.45) is 11.7 Å². The van der Waals surface area contributed by atoms with Gasteiger partial charge in [-0.2, -0.15) is 0 Å². The van der Waals surface area contributed by atoms with Crippen molar-refractivity contribution in [3.8, 4) is 0 Å². The lowest BCUT2D eigenvalue weighted by Gasteiger charge is -2.25. The van der Waals surface area contributed by atoms with Crippen LogP contribution in [0.25, 0.3) is 0 Å². The zero-order valence-electron chi connectivity index (χ0n) is 12.6. The quantitative estimate of drug-likeness (QED) is 0.862. The summed E-state index contributed by atoms with van der Waals surface area (Å²) in [6.07, 6.45) is 3.51. The Morgan fingerprint density at radius 3 is 2.67 bits per heavy atom. The molecule has 0 unspecified atom stereocenters. The molecule has 4 nitrogen and oxygen atoms in total. The minimum absolute atomic E-state index is 0.124. The Bertz CT molecular complexity index is 472. The van der Waals surface area contributed by atoms with Gasteiger partial charge in [-0.1, -0.05) is 30.3 Å². The van der Waals surface area contributed by atoms with Gasteiger partial charge in [0.2, 0.25) is 5.91 Å². The largest absolute Gasteiger partial charge is 0.338 e. The summed E-state index contributed by atoms with van der Waals surface area (Å²) in [5, 5.41) is 0. The van der Waals surface area contributed by atoms with E-state index in [1.807, 2.05) is 4.90 Å². The van der Waals surface area contributed by atoms with Crippen LogP contribution in [0.4, 0.5) is 0 Å². The minimum atomic E-state index is 0.124. The monoisotopic (exact) mass is 287 g/mol. The highest BCUT2D eigenvalue weighted by Crippen LogP contribution is 2.29. The molecule has 0 radical (unpaired) electrons. The molecule has 0 aromatic heterocycles. The van der Waals surface area contributed by atoms with E-state index in [4.69, 9.17) is 5.73 Å². The highest BCUT2D eigenvalue weighted by atomic mass is 16.2. The SMILES string of the molecule is NCC(=O)N(C[C@H]1CCN(Cc2ccccc2)C1)C1CC1. The lowest BCUT2D eigenvalue weighted by atomic mass is 10.1. The molecule has 1 heterocycles. The molecule has 0 bridgehead atoms. The van der Waals surface area contributed by atoms with Crippen molar-refractivity contribution in [1.82, 2.24) is 9.80 Å². The van der Waals surface area contributed by atoms with Gasteiger partial charge in [-0.25, -0.2) is 0 Å². The number of amides is 1. The molecule has 2 N–H and O–H groups in total. The molecule has 2 aliphatic rings. The predicted octanol–water partition coefficient (Wildman–Crippen LogP) is 1.46. The average molecular weight is 287 g/mol. The molecule has 0 spiro atoms. The summed E-state index contributed by atoms with van der Waals surface area (Å²) in [5.41, 5.74) is 6.91. The zero-order chi connectivity index (χ0) is 14.7. The summed E-state index contributed by atoms with van der Waals surface area (Å²) in [7, 11) is 0. The van der Waals surface area contributed by atoms with Crippen molar-refractivity contribution in [3.63, 3.8) is 0 Å². The van der Waals surface area contributed by atoms with E-state index in [1.165, 1.54) is 12.0 Å². The fourth-order valence-electron chi connectivity index (χ4n) is 3.28. The van der Waals surface area contributed by atoms with E-state index in [0.29, 0.717) is 12.0 Å². The third-order valence-electron chi connectivity index (χ3n) is 4.56. The zero-order valence-corrected chi connectivity index (χ0v) is 12.6. The van der Waals surface area contributed by atoms with Gasteiger partial charge in [0.1, 0.15) is 0 Å². The molecule has 2 fully saturated rings. The summed E-state index contributed by atoms with van der Waals surface area (Å²) in [4.78, 5) is 16.5. The Balaban J connectivity index is 1.51. The van der Waals surface area contributed by atoms with E-state index in [1.54, 1.807) is 0 Å². The molecule has 1 aromatic rings.